The van der Waals surface area contributed by atoms with Crippen molar-refractivity contribution in [2.75, 3.05) is 39.4 Å². The van der Waals surface area contributed by atoms with Crippen LogP contribution in [0.5, 0.6) is 0 Å². The summed E-state index contributed by atoms with van der Waals surface area (Å²) in [6, 6.07) is 11.1. The Bertz CT molecular complexity index is 531. The number of likely N-dealkylation sites (tertiary alicyclic amines) is 1. The molecular weight excluding hydrogens is 314 g/mol. The lowest BCUT2D eigenvalue weighted by atomic mass is 10.0. The van der Waals surface area contributed by atoms with Gasteiger partial charge in [0.05, 0.1) is 13.2 Å². The minimum Gasteiger partial charge on any atom is -0.379 e. The van der Waals surface area contributed by atoms with E-state index in [0.29, 0.717) is 6.04 Å². The number of amides is 2. The predicted octanol–water partition coefficient (Wildman–Crippen LogP) is 2.51. The summed E-state index contributed by atoms with van der Waals surface area (Å²) in [5.41, 5.74) is 1.28. The van der Waals surface area contributed by atoms with Gasteiger partial charge >= 0.3 is 6.03 Å². The summed E-state index contributed by atoms with van der Waals surface area (Å²) in [5, 5.41) is 3.27. The number of nitrogens with one attached hydrogen (secondary N) is 1. The topological polar surface area (TPSA) is 44.8 Å². The molecule has 25 heavy (non-hydrogen) atoms. The number of morpholine rings is 1. The molecular formula is C20H31N3O2. The van der Waals surface area contributed by atoms with E-state index in [2.05, 4.69) is 46.3 Å². The van der Waals surface area contributed by atoms with Gasteiger partial charge in [0, 0.05) is 38.3 Å². The fourth-order valence-corrected chi connectivity index (χ4v) is 3.83. The molecule has 1 aromatic carbocycles. The molecule has 5 nitrogen and oxygen atoms in total. The smallest absolute Gasteiger partial charge is 0.317 e. The van der Waals surface area contributed by atoms with Crippen LogP contribution in [0.15, 0.2) is 30.3 Å². The Balaban J connectivity index is 1.53. The van der Waals surface area contributed by atoms with Crippen molar-refractivity contribution in [2.45, 2.75) is 44.7 Å². The van der Waals surface area contributed by atoms with Gasteiger partial charge in [-0.3, -0.25) is 4.90 Å². The van der Waals surface area contributed by atoms with Crippen molar-refractivity contribution in [1.29, 1.82) is 0 Å². The first kappa shape index (κ1) is 18.2. The first-order valence-electron chi connectivity index (χ1n) is 9.67. The fraction of sp³-hybridized carbons (Fsp3) is 0.650. The lowest BCUT2D eigenvalue weighted by Gasteiger charge is -2.33. The second kappa shape index (κ2) is 9.20. The molecule has 2 aliphatic heterocycles. The van der Waals surface area contributed by atoms with Crippen LogP contribution in [0.25, 0.3) is 0 Å². The van der Waals surface area contributed by atoms with Crippen LogP contribution in [0.2, 0.25) is 0 Å². The fourth-order valence-electron chi connectivity index (χ4n) is 3.83. The van der Waals surface area contributed by atoms with Crippen molar-refractivity contribution in [3.8, 4) is 0 Å². The van der Waals surface area contributed by atoms with Crippen LogP contribution in [0.1, 0.15) is 31.7 Å². The van der Waals surface area contributed by atoms with Crippen LogP contribution in [0, 0.1) is 0 Å². The molecule has 5 heteroatoms. The number of hydrogen-bond acceptors (Lipinski definition) is 3. The van der Waals surface area contributed by atoms with Crippen LogP contribution < -0.4 is 5.32 Å². The third-order valence-electron chi connectivity index (χ3n) is 5.36. The number of nitrogens with zero attached hydrogens (tertiary/aromatic N) is 2. The van der Waals surface area contributed by atoms with Crippen molar-refractivity contribution in [3.05, 3.63) is 35.9 Å². The van der Waals surface area contributed by atoms with E-state index >= 15 is 0 Å². The van der Waals surface area contributed by atoms with Gasteiger partial charge in [-0.05, 0) is 31.2 Å². The van der Waals surface area contributed by atoms with Crippen molar-refractivity contribution < 1.29 is 9.53 Å². The molecule has 0 aliphatic carbocycles. The summed E-state index contributed by atoms with van der Waals surface area (Å²) in [6.45, 7) is 7.59. The van der Waals surface area contributed by atoms with Gasteiger partial charge in [0.25, 0.3) is 0 Å². The van der Waals surface area contributed by atoms with Gasteiger partial charge in [0.1, 0.15) is 0 Å². The van der Waals surface area contributed by atoms with Gasteiger partial charge in [-0.25, -0.2) is 4.79 Å². The number of benzene rings is 1. The van der Waals surface area contributed by atoms with Crippen molar-refractivity contribution in [2.24, 2.45) is 0 Å². The van der Waals surface area contributed by atoms with E-state index in [4.69, 9.17) is 4.74 Å². The third kappa shape index (κ3) is 5.19. The Morgan fingerprint density at radius 3 is 2.72 bits per heavy atom. The van der Waals surface area contributed by atoms with Gasteiger partial charge in [-0.1, -0.05) is 37.3 Å². The summed E-state index contributed by atoms with van der Waals surface area (Å²) in [6.07, 6.45) is 4.06. The highest BCUT2D eigenvalue weighted by molar-refractivity contribution is 5.75. The second-order valence-corrected chi connectivity index (χ2v) is 7.15. The van der Waals surface area contributed by atoms with E-state index in [-0.39, 0.29) is 12.1 Å². The summed E-state index contributed by atoms with van der Waals surface area (Å²) in [7, 11) is 0. The Hall–Kier alpha value is -1.59. The van der Waals surface area contributed by atoms with E-state index in [9.17, 15) is 4.79 Å². The molecule has 138 valence electrons. The number of carbonyl (C=O) groups excluding carboxylic acids is 1. The average Bonchev–Trinajstić information content (AvgIpc) is 3.11. The van der Waals surface area contributed by atoms with Gasteiger partial charge in [0.2, 0.25) is 0 Å². The molecule has 0 spiro atoms. The maximum atomic E-state index is 12.8. The Morgan fingerprint density at radius 1 is 1.24 bits per heavy atom. The molecule has 2 unspecified atom stereocenters. The first-order valence-corrected chi connectivity index (χ1v) is 9.67. The highest BCUT2D eigenvalue weighted by Gasteiger charge is 2.31. The standard InChI is InChI=1S/C20H31N3O2/c1-2-18(15-17-7-4-3-5-8-17)21-20(24)23-10-6-9-19(23)16-22-11-13-25-14-12-22/h3-5,7-8,18-19H,2,6,9-16H2,1H3,(H,21,24). The van der Waals surface area contributed by atoms with Gasteiger partial charge in [-0.2, -0.15) is 0 Å². The molecule has 2 aliphatic rings. The van der Waals surface area contributed by atoms with Crippen molar-refractivity contribution in [1.82, 2.24) is 15.1 Å². The first-order chi connectivity index (χ1) is 12.3. The SMILES string of the molecule is CCC(Cc1ccccc1)NC(=O)N1CCCC1CN1CCOCC1. The molecule has 1 N–H and O–H groups in total. The van der Waals surface area contributed by atoms with Gasteiger partial charge in [-0.15, -0.1) is 0 Å². The van der Waals surface area contributed by atoms with Crippen LogP contribution in [0.4, 0.5) is 4.79 Å². The molecule has 2 fully saturated rings. The van der Waals surface area contributed by atoms with Gasteiger partial charge in [0.15, 0.2) is 0 Å². The zero-order valence-corrected chi connectivity index (χ0v) is 15.3. The Kier molecular flexibility index (Phi) is 6.70. The molecule has 2 atom stereocenters. The van der Waals surface area contributed by atoms with Crippen molar-refractivity contribution >= 4 is 6.03 Å². The molecule has 1 aromatic rings. The molecule has 0 aromatic heterocycles. The normalized spacial score (nSPS) is 22.8. The number of ether oxygens (including phenoxy) is 1. The second-order valence-electron chi connectivity index (χ2n) is 7.15. The maximum absolute atomic E-state index is 12.8. The monoisotopic (exact) mass is 345 g/mol. The van der Waals surface area contributed by atoms with E-state index in [1.165, 1.54) is 5.56 Å². The average molecular weight is 345 g/mol. The predicted molar refractivity (Wildman–Crippen MR) is 99.7 cm³/mol. The van der Waals surface area contributed by atoms with Crippen LogP contribution in [-0.2, 0) is 11.2 Å². The Morgan fingerprint density at radius 2 is 2.00 bits per heavy atom. The number of carbonyl (C=O) groups is 1. The zero-order valence-electron chi connectivity index (χ0n) is 15.3. The molecule has 2 saturated heterocycles. The summed E-state index contributed by atoms with van der Waals surface area (Å²) in [4.78, 5) is 17.3. The van der Waals surface area contributed by atoms with Crippen molar-refractivity contribution in [3.63, 3.8) is 0 Å². The molecule has 2 heterocycles. The summed E-state index contributed by atoms with van der Waals surface area (Å²) < 4.78 is 5.43. The minimum absolute atomic E-state index is 0.110. The quantitative estimate of drug-likeness (QED) is 0.862. The third-order valence-corrected chi connectivity index (χ3v) is 5.36. The molecule has 2 amide bonds. The molecule has 3 rings (SSSR count). The lowest BCUT2D eigenvalue weighted by Crippen LogP contribution is -2.51. The highest BCUT2D eigenvalue weighted by atomic mass is 16.5. The number of hydrogen-bond donors (Lipinski definition) is 1. The number of urea groups is 1. The largest absolute Gasteiger partial charge is 0.379 e. The zero-order chi connectivity index (χ0) is 17.5. The van der Waals surface area contributed by atoms with Crippen LogP contribution >= 0.6 is 0 Å². The minimum atomic E-state index is 0.110. The Labute approximate surface area is 151 Å². The summed E-state index contributed by atoms with van der Waals surface area (Å²) in [5.74, 6) is 0. The molecule has 0 saturated carbocycles. The number of rotatable bonds is 6. The van der Waals surface area contributed by atoms with Crippen LogP contribution in [0.3, 0.4) is 0 Å². The van der Waals surface area contributed by atoms with Gasteiger partial charge < -0.3 is 15.0 Å². The van der Waals surface area contributed by atoms with E-state index in [0.717, 1.165) is 65.1 Å². The van der Waals surface area contributed by atoms with Crippen LogP contribution in [-0.4, -0.2) is 67.3 Å². The van der Waals surface area contributed by atoms with E-state index in [1.54, 1.807) is 0 Å². The van der Waals surface area contributed by atoms with E-state index < -0.39 is 0 Å². The summed E-state index contributed by atoms with van der Waals surface area (Å²) >= 11 is 0. The van der Waals surface area contributed by atoms with E-state index in [1.807, 2.05) is 6.07 Å². The highest BCUT2D eigenvalue weighted by Crippen LogP contribution is 2.19. The molecule has 0 bridgehead atoms. The molecule has 0 radical (unpaired) electrons. The maximum Gasteiger partial charge on any atom is 0.317 e. The lowest BCUT2D eigenvalue weighted by molar-refractivity contribution is 0.0291.